The summed E-state index contributed by atoms with van der Waals surface area (Å²) in [5.41, 5.74) is 7.74. The van der Waals surface area contributed by atoms with Crippen molar-refractivity contribution in [2.24, 2.45) is 7.05 Å². The first kappa shape index (κ1) is 12.7. The summed E-state index contributed by atoms with van der Waals surface area (Å²) in [5.74, 6) is 0.920. The summed E-state index contributed by atoms with van der Waals surface area (Å²) in [6.07, 6.45) is 2.67. The van der Waals surface area contributed by atoms with Gasteiger partial charge < -0.3 is 16.0 Å². The lowest BCUT2D eigenvalue weighted by Gasteiger charge is -2.25. The number of hydrogen-bond acceptors (Lipinski definition) is 4. The zero-order chi connectivity index (χ0) is 13.3. The highest BCUT2D eigenvalue weighted by atomic mass is 16.2. The minimum atomic E-state index is -0.127. The highest BCUT2D eigenvalue weighted by Gasteiger charge is 2.33. The average Bonchev–Trinajstić information content (AvgIpc) is 2.93. The average molecular weight is 251 g/mol. The van der Waals surface area contributed by atoms with Crippen molar-refractivity contribution in [3.63, 3.8) is 0 Å². The fraction of sp³-hybridized carbons (Fsp3) is 0.667. The number of anilines is 2. The molecule has 0 aliphatic carbocycles. The number of amides is 1. The van der Waals surface area contributed by atoms with Gasteiger partial charge in [-0.25, -0.2) is 0 Å². The summed E-state index contributed by atoms with van der Waals surface area (Å²) in [6.45, 7) is 2.88. The lowest BCUT2D eigenvalue weighted by molar-refractivity contribution is -0.121. The van der Waals surface area contributed by atoms with Gasteiger partial charge in [-0.1, -0.05) is 6.92 Å². The molecule has 1 amide bonds. The van der Waals surface area contributed by atoms with Crippen LogP contribution >= 0.6 is 0 Å². The van der Waals surface area contributed by atoms with Crippen LogP contribution in [-0.2, 0) is 18.3 Å². The van der Waals surface area contributed by atoms with Crippen molar-refractivity contribution in [1.82, 2.24) is 15.1 Å². The molecule has 6 heteroatoms. The van der Waals surface area contributed by atoms with E-state index in [1.54, 1.807) is 11.7 Å². The van der Waals surface area contributed by atoms with E-state index in [1.165, 1.54) is 0 Å². The molecule has 1 saturated heterocycles. The van der Waals surface area contributed by atoms with Crippen molar-refractivity contribution in [1.29, 1.82) is 0 Å². The molecule has 0 aromatic carbocycles. The maximum Gasteiger partial charge on any atom is 0.242 e. The number of nitrogens with one attached hydrogen (secondary N) is 1. The molecule has 1 unspecified atom stereocenters. The molecule has 0 bridgehead atoms. The lowest BCUT2D eigenvalue weighted by Crippen LogP contribution is -2.43. The third-order valence-electron chi connectivity index (χ3n) is 3.54. The number of hydrogen-bond donors (Lipinski definition) is 2. The second kappa shape index (κ2) is 4.88. The zero-order valence-electron chi connectivity index (χ0n) is 11.2. The van der Waals surface area contributed by atoms with E-state index in [0.717, 1.165) is 37.3 Å². The molecule has 6 nitrogen and oxygen atoms in total. The number of carbonyl (C=O) groups is 1. The van der Waals surface area contributed by atoms with Crippen LogP contribution in [0.2, 0.25) is 0 Å². The minimum Gasteiger partial charge on any atom is -0.394 e. The Balaban J connectivity index is 2.36. The van der Waals surface area contributed by atoms with Gasteiger partial charge in [0.2, 0.25) is 5.91 Å². The Labute approximate surface area is 107 Å². The Hall–Kier alpha value is -1.72. The van der Waals surface area contributed by atoms with Gasteiger partial charge in [0.05, 0.1) is 11.4 Å². The van der Waals surface area contributed by atoms with Crippen molar-refractivity contribution >= 4 is 17.4 Å². The third-order valence-corrected chi connectivity index (χ3v) is 3.54. The van der Waals surface area contributed by atoms with Crippen LogP contribution in [0.15, 0.2) is 0 Å². The first-order valence-electron chi connectivity index (χ1n) is 6.39. The normalized spacial score (nSPS) is 19.3. The van der Waals surface area contributed by atoms with E-state index in [9.17, 15) is 4.79 Å². The molecule has 100 valence electrons. The first-order valence-corrected chi connectivity index (χ1v) is 6.39. The van der Waals surface area contributed by atoms with Crippen LogP contribution in [0.1, 0.15) is 25.5 Å². The largest absolute Gasteiger partial charge is 0.394 e. The second-order valence-corrected chi connectivity index (χ2v) is 4.63. The van der Waals surface area contributed by atoms with E-state index in [1.807, 2.05) is 14.0 Å². The summed E-state index contributed by atoms with van der Waals surface area (Å²) >= 11 is 0. The SMILES string of the molecule is CCc1nn(C)c(N2CCCC2C(=O)NC)c1N. The van der Waals surface area contributed by atoms with Crippen molar-refractivity contribution in [3.8, 4) is 0 Å². The van der Waals surface area contributed by atoms with E-state index in [0.29, 0.717) is 5.69 Å². The highest BCUT2D eigenvalue weighted by Crippen LogP contribution is 2.32. The Bertz CT molecular complexity index is 454. The smallest absolute Gasteiger partial charge is 0.242 e. The van der Waals surface area contributed by atoms with Gasteiger partial charge in [0.1, 0.15) is 6.04 Å². The number of nitrogen functional groups attached to an aromatic ring is 1. The number of carbonyl (C=O) groups excluding carboxylic acids is 1. The first-order chi connectivity index (χ1) is 8.60. The summed E-state index contributed by atoms with van der Waals surface area (Å²) < 4.78 is 1.79. The molecule has 0 radical (unpaired) electrons. The number of nitrogens with zero attached hydrogens (tertiary/aromatic N) is 3. The van der Waals surface area contributed by atoms with E-state index in [-0.39, 0.29) is 11.9 Å². The fourth-order valence-corrected chi connectivity index (χ4v) is 2.65. The maximum atomic E-state index is 11.9. The van der Waals surface area contributed by atoms with E-state index >= 15 is 0 Å². The van der Waals surface area contributed by atoms with E-state index in [4.69, 9.17) is 5.73 Å². The van der Waals surface area contributed by atoms with Gasteiger partial charge in [0.25, 0.3) is 0 Å². The van der Waals surface area contributed by atoms with Crippen molar-refractivity contribution in [2.75, 3.05) is 24.2 Å². The van der Waals surface area contributed by atoms with Gasteiger partial charge in [-0.05, 0) is 19.3 Å². The van der Waals surface area contributed by atoms with E-state index in [2.05, 4.69) is 15.3 Å². The number of nitrogens with two attached hydrogens (primary N) is 1. The number of rotatable bonds is 3. The Kier molecular flexibility index (Phi) is 3.45. The van der Waals surface area contributed by atoms with Gasteiger partial charge >= 0.3 is 0 Å². The fourth-order valence-electron chi connectivity index (χ4n) is 2.65. The van der Waals surface area contributed by atoms with Crippen LogP contribution in [-0.4, -0.2) is 35.3 Å². The van der Waals surface area contributed by atoms with E-state index < -0.39 is 0 Å². The molecule has 0 spiro atoms. The summed E-state index contributed by atoms with van der Waals surface area (Å²) in [5, 5.41) is 7.13. The monoisotopic (exact) mass is 251 g/mol. The molecule has 0 saturated carbocycles. The minimum absolute atomic E-state index is 0.0474. The van der Waals surface area contributed by atoms with Gasteiger partial charge in [0, 0.05) is 20.6 Å². The van der Waals surface area contributed by atoms with Crippen LogP contribution in [0.4, 0.5) is 11.5 Å². The predicted octanol–water partition coefficient (Wildman–Crippen LogP) is 0.280. The molecule has 18 heavy (non-hydrogen) atoms. The van der Waals surface area contributed by atoms with Gasteiger partial charge in [0.15, 0.2) is 5.82 Å². The molecule has 2 heterocycles. The molecule has 1 aromatic heterocycles. The van der Waals surface area contributed by atoms with Crippen LogP contribution in [0, 0.1) is 0 Å². The molecule has 1 atom stereocenters. The standard InChI is InChI=1S/C12H21N5O/c1-4-8-10(13)12(16(3)15-8)17-7-5-6-9(17)11(18)14-2/h9H,4-7,13H2,1-3H3,(H,14,18). The number of aromatic nitrogens is 2. The zero-order valence-corrected chi connectivity index (χ0v) is 11.2. The molecular formula is C12H21N5O. The summed E-state index contributed by atoms with van der Waals surface area (Å²) in [6, 6.07) is -0.127. The Morgan fingerprint density at radius 3 is 2.89 bits per heavy atom. The number of aryl methyl sites for hydroxylation is 2. The molecule has 2 rings (SSSR count). The van der Waals surface area contributed by atoms with Gasteiger partial charge in [-0.2, -0.15) is 5.10 Å². The maximum absolute atomic E-state index is 11.9. The van der Waals surface area contributed by atoms with Crippen LogP contribution < -0.4 is 16.0 Å². The topological polar surface area (TPSA) is 76.2 Å². The summed E-state index contributed by atoms with van der Waals surface area (Å²) in [4.78, 5) is 13.9. The Morgan fingerprint density at radius 1 is 1.61 bits per heavy atom. The Morgan fingerprint density at radius 2 is 2.33 bits per heavy atom. The molecule has 1 aliphatic heterocycles. The van der Waals surface area contributed by atoms with Crippen molar-refractivity contribution in [2.45, 2.75) is 32.2 Å². The lowest BCUT2D eigenvalue weighted by atomic mass is 10.2. The molecule has 3 N–H and O–H groups in total. The van der Waals surface area contributed by atoms with Crippen LogP contribution in [0.3, 0.4) is 0 Å². The molecule has 1 aromatic rings. The quantitative estimate of drug-likeness (QED) is 0.809. The molecular weight excluding hydrogens is 230 g/mol. The third kappa shape index (κ3) is 1.91. The van der Waals surface area contributed by atoms with Gasteiger partial charge in [-0.3, -0.25) is 9.48 Å². The van der Waals surface area contributed by atoms with Crippen molar-refractivity contribution < 1.29 is 4.79 Å². The predicted molar refractivity (Wildman–Crippen MR) is 71.4 cm³/mol. The molecule has 1 fully saturated rings. The highest BCUT2D eigenvalue weighted by molar-refractivity contribution is 5.86. The van der Waals surface area contributed by atoms with Crippen LogP contribution in [0.5, 0.6) is 0 Å². The van der Waals surface area contributed by atoms with Gasteiger partial charge in [-0.15, -0.1) is 0 Å². The second-order valence-electron chi connectivity index (χ2n) is 4.63. The molecule has 1 aliphatic rings. The number of likely N-dealkylation sites (N-methyl/N-ethyl adjacent to an activating group) is 1. The van der Waals surface area contributed by atoms with Crippen LogP contribution in [0.25, 0.3) is 0 Å². The van der Waals surface area contributed by atoms with Crippen molar-refractivity contribution in [3.05, 3.63) is 5.69 Å². The summed E-state index contributed by atoms with van der Waals surface area (Å²) in [7, 11) is 3.55.